The molecule has 0 heterocycles. The lowest BCUT2D eigenvalue weighted by molar-refractivity contribution is 0.865. The van der Waals surface area contributed by atoms with Crippen molar-refractivity contribution in [3.63, 3.8) is 0 Å². The van der Waals surface area contributed by atoms with E-state index in [0.717, 1.165) is 0 Å². The highest BCUT2D eigenvalue weighted by Gasteiger charge is 1.98. The second kappa shape index (κ2) is 2.90. The molecule has 0 spiro atoms. The molecule has 0 amide bonds. The fraction of sp³-hybridized carbons (Fsp3) is 0.667. The first-order valence-corrected chi connectivity index (χ1v) is 2.34. The zero-order chi connectivity index (χ0) is 5.86. The maximum absolute atomic E-state index is 5.22. The Hall–Kier alpha value is -0.190. The predicted octanol–water partition coefficient (Wildman–Crippen LogP) is -1.44. The highest BCUT2D eigenvalue weighted by molar-refractivity contribution is 7.80. The molecule has 7 heavy (non-hydrogen) atoms. The molecule has 42 valence electrons. The Labute approximate surface area is 47.8 Å². The molecule has 0 aromatic heterocycles. The molecule has 1 unspecified atom stereocenters. The van der Waals surface area contributed by atoms with Crippen molar-refractivity contribution in [2.45, 2.75) is 6.04 Å². The van der Waals surface area contributed by atoms with Gasteiger partial charge in [0.15, 0.2) is 0 Å². The quantitative estimate of drug-likeness (QED) is 0.389. The monoisotopic (exact) mass is 119 g/mol. The van der Waals surface area contributed by atoms with Gasteiger partial charge in [-0.25, -0.2) is 0 Å². The summed E-state index contributed by atoms with van der Waals surface area (Å²) in [4.78, 5) is 0.280. The topological polar surface area (TPSA) is 78.1 Å². The van der Waals surface area contributed by atoms with Gasteiger partial charge in [0.1, 0.15) is 0 Å². The molecule has 0 fully saturated rings. The van der Waals surface area contributed by atoms with Crippen molar-refractivity contribution in [1.82, 2.24) is 0 Å². The van der Waals surface area contributed by atoms with E-state index in [1.165, 1.54) is 0 Å². The molecule has 0 aromatic carbocycles. The fourth-order valence-corrected chi connectivity index (χ4v) is 0.212. The Morgan fingerprint density at radius 2 is 2.14 bits per heavy atom. The maximum Gasteiger partial charge on any atom is 0.0910 e. The standard InChI is InChI=1S/C3H9N3S/c4-1-2(5)3(6)7/h2H,1,4-5H2,(H2,6,7). The molecule has 0 saturated heterocycles. The smallest absolute Gasteiger partial charge is 0.0910 e. The van der Waals surface area contributed by atoms with E-state index in [0.29, 0.717) is 6.54 Å². The van der Waals surface area contributed by atoms with Crippen LogP contribution in [-0.2, 0) is 0 Å². The van der Waals surface area contributed by atoms with Crippen LogP contribution in [0.15, 0.2) is 0 Å². The van der Waals surface area contributed by atoms with Crippen LogP contribution >= 0.6 is 12.2 Å². The fourth-order valence-electron chi connectivity index (χ4n) is 0.116. The van der Waals surface area contributed by atoms with Crippen molar-refractivity contribution in [2.75, 3.05) is 6.54 Å². The van der Waals surface area contributed by atoms with E-state index in [9.17, 15) is 0 Å². The lowest BCUT2D eigenvalue weighted by Crippen LogP contribution is -2.40. The Morgan fingerprint density at radius 1 is 1.71 bits per heavy atom. The van der Waals surface area contributed by atoms with Gasteiger partial charge in [0.05, 0.1) is 11.0 Å². The predicted molar refractivity (Wildman–Crippen MR) is 33.8 cm³/mol. The number of nitrogens with two attached hydrogens (primary N) is 3. The summed E-state index contributed by atoms with van der Waals surface area (Å²) >= 11 is 4.49. The van der Waals surface area contributed by atoms with Crippen molar-refractivity contribution in [2.24, 2.45) is 17.2 Å². The van der Waals surface area contributed by atoms with Crippen molar-refractivity contribution >= 4 is 17.2 Å². The summed E-state index contributed by atoms with van der Waals surface area (Å²) in [6.07, 6.45) is 0. The zero-order valence-electron chi connectivity index (χ0n) is 3.92. The van der Waals surface area contributed by atoms with Crippen molar-refractivity contribution in [3.8, 4) is 0 Å². The molecule has 0 aliphatic carbocycles. The molecule has 0 radical (unpaired) electrons. The van der Waals surface area contributed by atoms with Crippen LogP contribution in [0.3, 0.4) is 0 Å². The van der Waals surface area contributed by atoms with Crippen LogP contribution in [0.25, 0.3) is 0 Å². The summed E-state index contributed by atoms with van der Waals surface area (Å²) < 4.78 is 0. The summed E-state index contributed by atoms with van der Waals surface area (Å²) in [5, 5.41) is 0. The Balaban J connectivity index is 3.34. The molecule has 0 bridgehead atoms. The normalized spacial score (nSPS) is 13.4. The van der Waals surface area contributed by atoms with Crippen LogP contribution in [0.4, 0.5) is 0 Å². The van der Waals surface area contributed by atoms with Gasteiger partial charge in [0.2, 0.25) is 0 Å². The summed E-state index contributed by atoms with van der Waals surface area (Å²) in [7, 11) is 0. The molecule has 0 aliphatic heterocycles. The molecular formula is C3H9N3S. The van der Waals surface area contributed by atoms with Gasteiger partial charge in [-0.1, -0.05) is 12.2 Å². The minimum Gasteiger partial charge on any atom is -0.392 e. The van der Waals surface area contributed by atoms with Gasteiger partial charge in [0.25, 0.3) is 0 Å². The highest BCUT2D eigenvalue weighted by Crippen LogP contribution is 1.70. The number of hydrogen-bond acceptors (Lipinski definition) is 3. The van der Waals surface area contributed by atoms with Gasteiger partial charge in [-0.2, -0.15) is 0 Å². The Morgan fingerprint density at radius 3 is 2.14 bits per heavy atom. The average molecular weight is 119 g/mol. The minimum absolute atomic E-state index is 0.280. The SMILES string of the molecule is NCC(N)C(N)=S. The number of thiocarbonyl (C=S) groups is 1. The summed E-state index contributed by atoms with van der Waals surface area (Å²) in [5.41, 5.74) is 15.4. The van der Waals surface area contributed by atoms with E-state index in [2.05, 4.69) is 12.2 Å². The van der Waals surface area contributed by atoms with Gasteiger partial charge in [-0.15, -0.1) is 0 Å². The van der Waals surface area contributed by atoms with E-state index in [4.69, 9.17) is 17.2 Å². The molecule has 0 rings (SSSR count). The molecular weight excluding hydrogens is 110 g/mol. The molecule has 0 aliphatic rings. The zero-order valence-corrected chi connectivity index (χ0v) is 4.74. The lowest BCUT2D eigenvalue weighted by atomic mass is 10.3. The van der Waals surface area contributed by atoms with Gasteiger partial charge in [0, 0.05) is 6.54 Å². The van der Waals surface area contributed by atoms with Crippen LogP contribution in [0.1, 0.15) is 0 Å². The van der Waals surface area contributed by atoms with E-state index < -0.39 is 0 Å². The largest absolute Gasteiger partial charge is 0.392 e. The first-order valence-electron chi connectivity index (χ1n) is 1.93. The molecule has 4 heteroatoms. The highest BCUT2D eigenvalue weighted by atomic mass is 32.1. The third-order valence-electron chi connectivity index (χ3n) is 0.619. The van der Waals surface area contributed by atoms with Gasteiger partial charge >= 0.3 is 0 Å². The second-order valence-corrected chi connectivity index (χ2v) is 1.72. The van der Waals surface area contributed by atoms with Crippen LogP contribution < -0.4 is 17.2 Å². The van der Waals surface area contributed by atoms with Crippen LogP contribution in [0, 0.1) is 0 Å². The first-order chi connectivity index (χ1) is 3.18. The second-order valence-electron chi connectivity index (χ2n) is 1.24. The minimum atomic E-state index is -0.310. The summed E-state index contributed by atoms with van der Waals surface area (Å²) in [6.45, 7) is 0.329. The van der Waals surface area contributed by atoms with Crippen molar-refractivity contribution < 1.29 is 0 Å². The third-order valence-corrected chi connectivity index (χ3v) is 0.922. The molecule has 0 saturated carbocycles. The Bertz CT molecular complexity index is 72.6. The van der Waals surface area contributed by atoms with Crippen LogP contribution in [-0.4, -0.2) is 17.6 Å². The van der Waals surface area contributed by atoms with Gasteiger partial charge in [-0.3, -0.25) is 0 Å². The average Bonchev–Trinajstić information content (AvgIpc) is 1.65. The van der Waals surface area contributed by atoms with E-state index in [1.807, 2.05) is 0 Å². The number of hydrogen-bond donors (Lipinski definition) is 3. The van der Waals surface area contributed by atoms with Crippen LogP contribution in [0.2, 0.25) is 0 Å². The van der Waals surface area contributed by atoms with Crippen molar-refractivity contribution in [3.05, 3.63) is 0 Å². The van der Waals surface area contributed by atoms with Gasteiger partial charge < -0.3 is 17.2 Å². The number of rotatable bonds is 2. The molecule has 1 atom stereocenters. The third kappa shape index (κ3) is 2.50. The Kier molecular flexibility index (Phi) is 2.82. The van der Waals surface area contributed by atoms with Gasteiger partial charge in [-0.05, 0) is 0 Å². The molecule has 6 N–H and O–H groups in total. The first kappa shape index (κ1) is 6.81. The van der Waals surface area contributed by atoms with E-state index in [1.54, 1.807) is 0 Å². The molecule has 3 nitrogen and oxygen atoms in total. The van der Waals surface area contributed by atoms with E-state index in [-0.39, 0.29) is 11.0 Å². The van der Waals surface area contributed by atoms with Crippen LogP contribution in [0.5, 0.6) is 0 Å². The lowest BCUT2D eigenvalue weighted by Gasteiger charge is -2.02. The maximum atomic E-state index is 5.22. The summed E-state index contributed by atoms with van der Waals surface area (Å²) in [5.74, 6) is 0. The van der Waals surface area contributed by atoms with Crippen molar-refractivity contribution in [1.29, 1.82) is 0 Å². The molecule has 0 aromatic rings. The van der Waals surface area contributed by atoms with E-state index >= 15 is 0 Å². The summed E-state index contributed by atoms with van der Waals surface area (Å²) in [6, 6.07) is -0.310.